The summed E-state index contributed by atoms with van der Waals surface area (Å²) >= 11 is 3.38. The van der Waals surface area contributed by atoms with E-state index < -0.39 is 0 Å². The van der Waals surface area contributed by atoms with Crippen molar-refractivity contribution in [1.29, 1.82) is 0 Å². The Morgan fingerprint density at radius 3 is 2.50 bits per heavy atom. The predicted octanol–water partition coefficient (Wildman–Crippen LogP) is 2.19. The van der Waals surface area contributed by atoms with Crippen LogP contribution in [0.3, 0.4) is 0 Å². The van der Waals surface area contributed by atoms with Crippen molar-refractivity contribution in [2.75, 3.05) is 33.2 Å². The van der Waals surface area contributed by atoms with E-state index in [1.165, 1.54) is 0 Å². The Bertz CT molecular complexity index is 498. The summed E-state index contributed by atoms with van der Waals surface area (Å²) in [5.41, 5.74) is 0.660. The average molecular weight is 339 g/mol. The highest BCUT2D eigenvalue weighted by atomic mass is 79.9. The average Bonchev–Trinajstić information content (AvgIpc) is 2.92. The number of hydrogen-bond acceptors (Lipinski definition) is 3. The number of likely N-dealkylation sites (tertiary alicyclic amines) is 1. The molecule has 1 amide bonds. The zero-order chi connectivity index (χ0) is 14.5. The fraction of sp³-hybridized carbons (Fsp3) is 0.467. The van der Waals surface area contributed by atoms with E-state index in [4.69, 9.17) is 0 Å². The summed E-state index contributed by atoms with van der Waals surface area (Å²) in [4.78, 5) is 27.8. The fourth-order valence-electron chi connectivity index (χ4n) is 2.37. The summed E-state index contributed by atoms with van der Waals surface area (Å²) in [6, 6.07) is 7.36. The third-order valence-corrected chi connectivity index (χ3v) is 4.14. The third-order valence-electron chi connectivity index (χ3n) is 3.45. The number of Topliss-reactive ketones (excluding diaryl/α,β-unsaturated/α-hetero) is 1. The van der Waals surface area contributed by atoms with E-state index in [1.807, 2.05) is 30.1 Å². The minimum Gasteiger partial charge on any atom is -0.342 e. The van der Waals surface area contributed by atoms with Crippen LogP contribution in [0.1, 0.15) is 23.2 Å². The molecule has 2 rings (SSSR count). The largest absolute Gasteiger partial charge is 0.342 e. The van der Waals surface area contributed by atoms with Gasteiger partial charge < -0.3 is 4.90 Å². The molecule has 0 saturated carbocycles. The summed E-state index contributed by atoms with van der Waals surface area (Å²) in [5.74, 6) is 0.138. The van der Waals surface area contributed by atoms with Crippen LogP contribution >= 0.6 is 15.9 Å². The van der Waals surface area contributed by atoms with Gasteiger partial charge in [0.15, 0.2) is 5.78 Å². The topological polar surface area (TPSA) is 40.6 Å². The predicted molar refractivity (Wildman–Crippen MR) is 81.8 cm³/mol. The lowest BCUT2D eigenvalue weighted by Crippen LogP contribution is -2.39. The Balaban J connectivity index is 1.88. The molecule has 0 atom stereocenters. The number of halogens is 1. The first kappa shape index (κ1) is 15.2. The second-order valence-corrected chi connectivity index (χ2v) is 6.02. The van der Waals surface area contributed by atoms with E-state index in [2.05, 4.69) is 15.9 Å². The summed E-state index contributed by atoms with van der Waals surface area (Å²) in [5, 5.41) is 0. The first-order valence-electron chi connectivity index (χ1n) is 6.82. The van der Waals surface area contributed by atoms with Gasteiger partial charge in [-0.2, -0.15) is 0 Å². The summed E-state index contributed by atoms with van der Waals surface area (Å²) in [7, 11) is 1.81. The maximum atomic E-state index is 12.2. The quantitative estimate of drug-likeness (QED) is 0.772. The van der Waals surface area contributed by atoms with E-state index in [0.29, 0.717) is 12.1 Å². The lowest BCUT2D eigenvalue weighted by molar-refractivity contribution is -0.130. The van der Waals surface area contributed by atoms with Crippen LogP contribution in [0.2, 0.25) is 0 Å². The van der Waals surface area contributed by atoms with Crippen molar-refractivity contribution in [2.45, 2.75) is 12.8 Å². The highest BCUT2D eigenvalue weighted by Crippen LogP contribution is 2.16. The van der Waals surface area contributed by atoms with Gasteiger partial charge in [0.1, 0.15) is 0 Å². The summed E-state index contributed by atoms with van der Waals surface area (Å²) in [6.45, 7) is 2.26. The molecule has 108 valence electrons. The normalized spacial score (nSPS) is 14.8. The molecule has 0 unspecified atom stereocenters. The molecule has 1 heterocycles. The van der Waals surface area contributed by atoms with Crippen LogP contribution in [0.4, 0.5) is 0 Å². The van der Waals surface area contributed by atoms with Gasteiger partial charge in [0.25, 0.3) is 0 Å². The van der Waals surface area contributed by atoms with Crippen LogP contribution < -0.4 is 0 Å². The molecular formula is C15H19BrN2O2. The first-order chi connectivity index (χ1) is 9.58. The Morgan fingerprint density at radius 2 is 1.85 bits per heavy atom. The zero-order valence-electron chi connectivity index (χ0n) is 11.6. The molecule has 1 aliphatic rings. The molecule has 0 N–H and O–H groups in total. The van der Waals surface area contributed by atoms with Crippen molar-refractivity contribution >= 4 is 27.6 Å². The number of nitrogens with zero attached hydrogens (tertiary/aromatic N) is 2. The fourth-order valence-corrected chi connectivity index (χ4v) is 2.88. The first-order valence-corrected chi connectivity index (χ1v) is 7.61. The Kier molecular flexibility index (Phi) is 5.31. The smallest absolute Gasteiger partial charge is 0.236 e. The van der Waals surface area contributed by atoms with Crippen LogP contribution in [0, 0.1) is 0 Å². The maximum absolute atomic E-state index is 12.2. The molecule has 1 saturated heterocycles. The molecule has 0 bridgehead atoms. The standard InChI is InChI=1S/C15H19BrN2O2/c1-17(11-15(20)18-8-4-5-9-18)10-14(19)12-6-2-3-7-13(12)16/h2-3,6-7H,4-5,8-11H2,1H3. The van der Waals surface area contributed by atoms with Crippen molar-refractivity contribution in [2.24, 2.45) is 0 Å². The van der Waals surface area contributed by atoms with Gasteiger partial charge in [0, 0.05) is 23.1 Å². The summed E-state index contributed by atoms with van der Waals surface area (Å²) < 4.78 is 0.796. The van der Waals surface area contributed by atoms with Crippen LogP contribution in [0.15, 0.2) is 28.7 Å². The molecular weight excluding hydrogens is 320 g/mol. The summed E-state index contributed by atoms with van der Waals surface area (Å²) in [6.07, 6.45) is 2.18. The monoisotopic (exact) mass is 338 g/mol. The lowest BCUT2D eigenvalue weighted by Gasteiger charge is -2.20. The highest BCUT2D eigenvalue weighted by molar-refractivity contribution is 9.10. The van der Waals surface area contributed by atoms with Crippen LogP contribution in [0.5, 0.6) is 0 Å². The number of carbonyl (C=O) groups excluding carboxylic acids is 2. The Labute approximate surface area is 127 Å². The molecule has 0 aliphatic carbocycles. The van der Waals surface area contributed by atoms with Crippen LogP contribution in [0.25, 0.3) is 0 Å². The Morgan fingerprint density at radius 1 is 1.20 bits per heavy atom. The number of benzene rings is 1. The van der Waals surface area contributed by atoms with Crippen LogP contribution in [-0.4, -0.2) is 54.7 Å². The van der Waals surface area contributed by atoms with Gasteiger partial charge >= 0.3 is 0 Å². The molecule has 0 spiro atoms. The van der Waals surface area contributed by atoms with Crippen molar-refractivity contribution < 1.29 is 9.59 Å². The van der Waals surface area contributed by atoms with Crippen LogP contribution in [-0.2, 0) is 4.79 Å². The molecule has 0 aromatic heterocycles. The number of hydrogen-bond donors (Lipinski definition) is 0. The van der Waals surface area contributed by atoms with Gasteiger partial charge in [-0.15, -0.1) is 0 Å². The Hall–Kier alpha value is -1.20. The molecule has 1 aliphatic heterocycles. The molecule has 1 aromatic rings. The van der Waals surface area contributed by atoms with E-state index in [9.17, 15) is 9.59 Å². The minimum absolute atomic E-state index is 0.0224. The molecule has 0 radical (unpaired) electrons. The van der Waals surface area contributed by atoms with Crippen molar-refractivity contribution in [3.63, 3.8) is 0 Å². The SMILES string of the molecule is CN(CC(=O)c1ccccc1Br)CC(=O)N1CCCC1. The number of carbonyl (C=O) groups is 2. The number of rotatable bonds is 5. The van der Waals surface area contributed by atoms with Crippen molar-refractivity contribution in [1.82, 2.24) is 9.80 Å². The lowest BCUT2D eigenvalue weighted by atomic mass is 10.1. The van der Waals surface area contributed by atoms with Gasteiger partial charge in [-0.1, -0.05) is 34.1 Å². The van der Waals surface area contributed by atoms with Gasteiger partial charge in [-0.05, 0) is 26.0 Å². The van der Waals surface area contributed by atoms with Gasteiger partial charge in [0.05, 0.1) is 13.1 Å². The van der Waals surface area contributed by atoms with E-state index in [-0.39, 0.29) is 18.2 Å². The van der Waals surface area contributed by atoms with Gasteiger partial charge in [0.2, 0.25) is 5.91 Å². The van der Waals surface area contributed by atoms with E-state index in [1.54, 1.807) is 11.0 Å². The minimum atomic E-state index is 0.0224. The number of likely N-dealkylation sites (N-methyl/N-ethyl adjacent to an activating group) is 1. The second kappa shape index (κ2) is 6.99. The van der Waals surface area contributed by atoms with Gasteiger partial charge in [-0.25, -0.2) is 0 Å². The molecule has 4 nitrogen and oxygen atoms in total. The van der Waals surface area contributed by atoms with E-state index >= 15 is 0 Å². The molecule has 5 heteroatoms. The molecule has 1 aromatic carbocycles. The van der Waals surface area contributed by atoms with Crippen molar-refractivity contribution in [3.05, 3.63) is 34.3 Å². The maximum Gasteiger partial charge on any atom is 0.236 e. The third kappa shape index (κ3) is 3.90. The highest BCUT2D eigenvalue weighted by Gasteiger charge is 2.20. The molecule has 1 fully saturated rings. The van der Waals surface area contributed by atoms with Crippen molar-refractivity contribution in [3.8, 4) is 0 Å². The van der Waals surface area contributed by atoms with Gasteiger partial charge in [-0.3, -0.25) is 14.5 Å². The second-order valence-electron chi connectivity index (χ2n) is 5.16. The molecule has 20 heavy (non-hydrogen) atoms. The number of ketones is 1. The van der Waals surface area contributed by atoms with E-state index in [0.717, 1.165) is 30.4 Å². The number of amides is 1. The zero-order valence-corrected chi connectivity index (χ0v) is 13.2.